The second kappa shape index (κ2) is 6.31. The van der Waals surface area contributed by atoms with Crippen molar-refractivity contribution < 1.29 is 9.53 Å². The van der Waals surface area contributed by atoms with E-state index in [4.69, 9.17) is 22.7 Å². The van der Waals surface area contributed by atoms with E-state index >= 15 is 0 Å². The lowest BCUT2D eigenvalue weighted by Crippen LogP contribution is -2.46. The highest BCUT2D eigenvalue weighted by Gasteiger charge is 2.34. The molecule has 4 nitrogen and oxygen atoms in total. The van der Waals surface area contributed by atoms with Gasteiger partial charge in [-0.3, -0.25) is 4.79 Å². The summed E-state index contributed by atoms with van der Waals surface area (Å²) in [5, 5.41) is 0. The van der Waals surface area contributed by atoms with Crippen molar-refractivity contribution in [3.05, 3.63) is 0 Å². The van der Waals surface area contributed by atoms with Gasteiger partial charge in [0.05, 0.1) is 23.1 Å². The Morgan fingerprint density at radius 3 is 2.71 bits per heavy atom. The molecule has 1 aliphatic heterocycles. The van der Waals surface area contributed by atoms with Gasteiger partial charge in [-0.1, -0.05) is 25.6 Å². The van der Waals surface area contributed by atoms with Crippen molar-refractivity contribution >= 4 is 23.1 Å². The fourth-order valence-electron chi connectivity index (χ4n) is 2.31. The molecule has 1 fully saturated rings. The molecule has 1 aliphatic rings. The number of ether oxygens (including phenoxy) is 1. The van der Waals surface area contributed by atoms with Gasteiger partial charge in [-0.25, -0.2) is 0 Å². The van der Waals surface area contributed by atoms with Gasteiger partial charge in [0.25, 0.3) is 0 Å². The summed E-state index contributed by atoms with van der Waals surface area (Å²) in [6.07, 6.45) is 2.61. The lowest BCUT2D eigenvalue weighted by molar-refractivity contribution is -0.135. The van der Waals surface area contributed by atoms with Crippen LogP contribution in [0.5, 0.6) is 0 Å². The van der Waals surface area contributed by atoms with Crippen molar-refractivity contribution in [2.24, 2.45) is 11.7 Å². The zero-order chi connectivity index (χ0) is 13.0. The van der Waals surface area contributed by atoms with Crippen molar-refractivity contribution in [3.8, 4) is 0 Å². The molecule has 0 aromatic heterocycles. The number of nitrogens with zero attached hydrogens (tertiary/aromatic N) is 1. The molecule has 0 aromatic carbocycles. The summed E-state index contributed by atoms with van der Waals surface area (Å²) in [7, 11) is 1.82. The monoisotopic (exact) mass is 258 g/mol. The SMILES string of the molecule is CCCC(C(=O)N(C)C1CCOC1C)C(N)=S. The lowest BCUT2D eigenvalue weighted by Gasteiger charge is -2.30. The minimum atomic E-state index is -0.326. The molecule has 1 saturated heterocycles. The Kier molecular flexibility index (Phi) is 5.33. The lowest BCUT2D eigenvalue weighted by atomic mass is 10.0. The van der Waals surface area contributed by atoms with E-state index < -0.39 is 0 Å². The van der Waals surface area contributed by atoms with Crippen LogP contribution in [0.2, 0.25) is 0 Å². The molecular weight excluding hydrogens is 236 g/mol. The number of hydrogen-bond donors (Lipinski definition) is 1. The van der Waals surface area contributed by atoms with Crippen molar-refractivity contribution in [1.29, 1.82) is 0 Å². The number of amides is 1. The Bertz CT molecular complexity index is 296. The second-order valence-corrected chi connectivity index (χ2v) is 5.10. The third kappa shape index (κ3) is 3.39. The molecule has 2 N–H and O–H groups in total. The van der Waals surface area contributed by atoms with Crippen molar-refractivity contribution in [2.45, 2.75) is 45.3 Å². The Hall–Kier alpha value is -0.680. The molecule has 3 atom stereocenters. The highest BCUT2D eigenvalue weighted by Crippen LogP contribution is 2.21. The predicted octanol–water partition coefficient (Wildman–Crippen LogP) is 1.32. The molecule has 1 heterocycles. The Morgan fingerprint density at radius 2 is 2.29 bits per heavy atom. The van der Waals surface area contributed by atoms with Crippen LogP contribution in [0.3, 0.4) is 0 Å². The van der Waals surface area contributed by atoms with Crippen LogP contribution in [-0.4, -0.2) is 41.6 Å². The van der Waals surface area contributed by atoms with Crippen LogP contribution in [0.4, 0.5) is 0 Å². The van der Waals surface area contributed by atoms with E-state index in [1.165, 1.54) is 0 Å². The normalized spacial score (nSPS) is 25.6. The smallest absolute Gasteiger partial charge is 0.232 e. The van der Waals surface area contributed by atoms with E-state index in [2.05, 4.69) is 0 Å². The summed E-state index contributed by atoms with van der Waals surface area (Å²) in [6, 6.07) is 0.149. The summed E-state index contributed by atoms with van der Waals surface area (Å²) in [5.74, 6) is -0.297. The summed E-state index contributed by atoms with van der Waals surface area (Å²) in [5.41, 5.74) is 5.65. The number of hydrogen-bond acceptors (Lipinski definition) is 3. The topological polar surface area (TPSA) is 55.6 Å². The van der Waals surface area contributed by atoms with E-state index in [-0.39, 0.29) is 24.0 Å². The molecule has 5 heteroatoms. The molecule has 0 radical (unpaired) electrons. The molecule has 0 saturated carbocycles. The molecule has 0 spiro atoms. The van der Waals surface area contributed by atoms with Crippen molar-refractivity contribution in [2.75, 3.05) is 13.7 Å². The maximum atomic E-state index is 12.3. The van der Waals surface area contributed by atoms with E-state index in [1.54, 1.807) is 4.90 Å². The zero-order valence-electron chi connectivity index (χ0n) is 10.8. The molecule has 1 rings (SSSR count). The Balaban J connectivity index is 2.69. The second-order valence-electron chi connectivity index (χ2n) is 4.62. The van der Waals surface area contributed by atoms with Crippen LogP contribution in [0.1, 0.15) is 33.1 Å². The first kappa shape index (κ1) is 14.4. The van der Waals surface area contributed by atoms with Crippen LogP contribution in [0.15, 0.2) is 0 Å². The molecule has 0 aromatic rings. The largest absolute Gasteiger partial charge is 0.393 e. The quantitative estimate of drug-likeness (QED) is 0.756. The van der Waals surface area contributed by atoms with Crippen LogP contribution >= 0.6 is 12.2 Å². The first-order valence-corrected chi connectivity index (χ1v) is 6.57. The van der Waals surface area contributed by atoms with Crippen LogP contribution in [0, 0.1) is 5.92 Å². The third-order valence-electron chi connectivity index (χ3n) is 3.40. The van der Waals surface area contributed by atoms with Gasteiger partial charge in [-0.2, -0.15) is 0 Å². The standard InChI is InChI=1S/C12H22N2O2S/c1-4-5-9(11(13)17)12(15)14(3)10-6-7-16-8(10)2/h8-10H,4-7H2,1-3H3,(H2,13,17). The highest BCUT2D eigenvalue weighted by molar-refractivity contribution is 7.80. The van der Waals surface area contributed by atoms with Gasteiger partial charge in [0.15, 0.2) is 0 Å². The van der Waals surface area contributed by atoms with Gasteiger partial charge >= 0.3 is 0 Å². The van der Waals surface area contributed by atoms with Gasteiger partial charge in [-0.05, 0) is 19.8 Å². The molecule has 0 aliphatic carbocycles. The summed E-state index contributed by atoms with van der Waals surface area (Å²) in [4.78, 5) is 14.4. The number of nitrogens with two attached hydrogens (primary N) is 1. The highest BCUT2D eigenvalue weighted by atomic mass is 32.1. The first-order valence-electron chi connectivity index (χ1n) is 6.16. The van der Waals surface area contributed by atoms with Gasteiger partial charge < -0.3 is 15.4 Å². The van der Waals surface area contributed by atoms with E-state index in [0.29, 0.717) is 4.99 Å². The maximum absolute atomic E-state index is 12.3. The van der Waals surface area contributed by atoms with Crippen molar-refractivity contribution in [3.63, 3.8) is 0 Å². The van der Waals surface area contributed by atoms with Gasteiger partial charge in [0, 0.05) is 13.7 Å². The van der Waals surface area contributed by atoms with Crippen LogP contribution in [0.25, 0.3) is 0 Å². The summed E-state index contributed by atoms with van der Waals surface area (Å²) in [6.45, 7) is 4.74. The Labute approximate surface area is 108 Å². The van der Waals surface area contributed by atoms with Crippen molar-refractivity contribution in [1.82, 2.24) is 4.90 Å². The average molecular weight is 258 g/mol. The van der Waals surface area contributed by atoms with Gasteiger partial charge in [0.1, 0.15) is 0 Å². The molecule has 3 unspecified atom stereocenters. The van der Waals surface area contributed by atoms with E-state index in [1.807, 2.05) is 20.9 Å². The third-order valence-corrected chi connectivity index (χ3v) is 3.68. The van der Waals surface area contributed by atoms with E-state index in [0.717, 1.165) is 25.9 Å². The fourth-order valence-corrected chi connectivity index (χ4v) is 2.53. The fraction of sp³-hybridized carbons (Fsp3) is 0.833. The molecular formula is C12H22N2O2S. The maximum Gasteiger partial charge on any atom is 0.232 e. The minimum absolute atomic E-state index is 0.0294. The number of likely N-dealkylation sites (N-methyl/N-ethyl adjacent to an activating group) is 1. The Morgan fingerprint density at radius 1 is 1.65 bits per heavy atom. The average Bonchev–Trinajstić information content (AvgIpc) is 2.70. The molecule has 1 amide bonds. The number of thiocarbonyl (C=S) groups is 1. The number of rotatable bonds is 5. The predicted molar refractivity (Wildman–Crippen MR) is 71.8 cm³/mol. The van der Waals surface area contributed by atoms with Crippen LogP contribution < -0.4 is 5.73 Å². The number of carbonyl (C=O) groups excluding carboxylic acids is 1. The minimum Gasteiger partial charge on any atom is -0.393 e. The molecule has 0 bridgehead atoms. The van der Waals surface area contributed by atoms with Crippen LogP contribution in [-0.2, 0) is 9.53 Å². The zero-order valence-corrected chi connectivity index (χ0v) is 11.6. The van der Waals surface area contributed by atoms with Gasteiger partial charge in [0.2, 0.25) is 5.91 Å². The summed E-state index contributed by atoms with van der Waals surface area (Å²) >= 11 is 4.98. The van der Waals surface area contributed by atoms with E-state index in [9.17, 15) is 4.79 Å². The first-order chi connectivity index (χ1) is 7.99. The molecule has 17 heavy (non-hydrogen) atoms. The van der Waals surface area contributed by atoms with Gasteiger partial charge in [-0.15, -0.1) is 0 Å². The number of carbonyl (C=O) groups is 1. The molecule has 98 valence electrons. The summed E-state index contributed by atoms with van der Waals surface area (Å²) < 4.78 is 5.48.